The highest BCUT2D eigenvalue weighted by Crippen LogP contribution is 2.24. The van der Waals surface area contributed by atoms with Gasteiger partial charge in [0.15, 0.2) is 5.78 Å². The summed E-state index contributed by atoms with van der Waals surface area (Å²) in [6.45, 7) is 4.19. The highest BCUT2D eigenvalue weighted by atomic mass is 16.2. The number of hydrogen-bond acceptors (Lipinski definition) is 5. The Balaban J connectivity index is 1.40. The van der Waals surface area contributed by atoms with E-state index in [1.165, 1.54) is 6.92 Å². The van der Waals surface area contributed by atoms with Crippen molar-refractivity contribution < 1.29 is 14.4 Å². The number of rotatable bonds is 3. The van der Waals surface area contributed by atoms with Crippen molar-refractivity contribution in [3.63, 3.8) is 0 Å². The van der Waals surface area contributed by atoms with Crippen LogP contribution in [0.3, 0.4) is 0 Å². The standard InChI is InChI=1S/C21H22N4O3/c1-14(26)18-6-4-17(13-22-18)24-8-10-25(11-9-24)21(28)16-2-5-19-15(12-16)3-7-20(27)23-19/h2,4-6,12-13H,3,7-11H2,1H3,(H,23,27). The first-order valence-electron chi connectivity index (χ1n) is 9.45. The Hall–Kier alpha value is -3.22. The zero-order chi connectivity index (χ0) is 19.7. The maximum absolute atomic E-state index is 12.9. The molecule has 0 atom stereocenters. The van der Waals surface area contributed by atoms with Crippen LogP contribution in [-0.4, -0.2) is 53.7 Å². The third-order valence-electron chi connectivity index (χ3n) is 5.29. The summed E-state index contributed by atoms with van der Waals surface area (Å²) in [5.74, 6) is -0.00971. The SMILES string of the molecule is CC(=O)c1ccc(N2CCN(C(=O)c3ccc4c(c3)CCC(=O)N4)CC2)cn1. The number of pyridine rings is 1. The minimum atomic E-state index is -0.0495. The molecule has 1 fully saturated rings. The van der Waals surface area contributed by atoms with Crippen molar-refractivity contribution in [1.82, 2.24) is 9.88 Å². The van der Waals surface area contributed by atoms with E-state index in [1.807, 2.05) is 23.1 Å². The van der Waals surface area contributed by atoms with Crippen LogP contribution in [0.2, 0.25) is 0 Å². The first kappa shape index (κ1) is 18.2. The minimum absolute atomic E-state index is 0.0180. The van der Waals surface area contributed by atoms with Crippen molar-refractivity contribution in [3.05, 3.63) is 53.3 Å². The van der Waals surface area contributed by atoms with E-state index >= 15 is 0 Å². The van der Waals surface area contributed by atoms with Crippen LogP contribution in [0.5, 0.6) is 0 Å². The van der Waals surface area contributed by atoms with E-state index in [0.717, 1.165) is 16.9 Å². The molecular weight excluding hydrogens is 356 g/mol. The number of piperazine rings is 1. The summed E-state index contributed by atoms with van der Waals surface area (Å²) < 4.78 is 0. The average Bonchev–Trinajstić information content (AvgIpc) is 2.73. The van der Waals surface area contributed by atoms with Crippen molar-refractivity contribution in [1.29, 1.82) is 0 Å². The lowest BCUT2D eigenvalue weighted by molar-refractivity contribution is -0.116. The zero-order valence-electron chi connectivity index (χ0n) is 15.8. The van der Waals surface area contributed by atoms with Crippen molar-refractivity contribution in [2.45, 2.75) is 19.8 Å². The number of fused-ring (bicyclic) bond motifs is 1. The van der Waals surface area contributed by atoms with Crippen LogP contribution < -0.4 is 10.2 Å². The van der Waals surface area contributed by atoms with Crippen LogP contribution in [0.1, 0.15) is 39.8 Å². The molecule has 4 rings (SSSR count). The van der Waals surface area contributed by atoms with E-state index in [4.69, 9.17) is 0 Å². The highest BCUT2D eigenvalue weighted by molar-refractivity contribution is 5.98. The Bertz CT molecular complexity index is 931. The number of Topliss-reactive ketones (excluding diaryl/α,β-unsaturated/α-hetero) is 1. The molecule has 1 N–H and O–H groups in total. The number of anilines is 2. The van der Waals surface area contributed by atoms with E-state index in [-0.39, 0.29) is 17.6 Å². The number of benzene rings is 1. The Morgan fingerprint density at radius 1 is 1.04 bits per heavy atom. The molecule has 1 saturated heterocycles. The quantitative estimate of drug-likeness (QED) is 0.828. The van der Waals surface area contributed by atoms with E-state index in [9.17, 15) is 14.4 Å². The molecule has 0 saturated carbocycles. The number of aryl methyl sites for hydroxylation is 1. The highest BCUT2D eigenvalue weighted by Gasteiger charge is 2.24. The minimum Gasteiger partial charge on any atom is -0.367 e. The first-order chi connectivity index (χ1) is 13.5. The lowest BCUT2D eigenvalue weighted by atomic mass is 10.00. The Kier molecular flexibility index (Phi) is 4.81. The van der Waals surface area contributed by atoms with Gasteiger partial charge in [0.2, 0.25) is 5.91 Å². The van der Waals surface area contributed by atoms with Crippen LogP contribution in [0.15, 0.2) is 36.5 Å². The van der Waals surface area contributed by atoms with Crippen LogP contribution in [-0.2, 0) is 11.2 Å². The average molecular weight is 378 g/mol. The fraction of sp³-hybridized carbons (Fsp3) is 0.333. The predicted molar refractivity (Wildman–Crippen MR) is 106 cm³/mol. The van der Waals surface area contributed by atoms with Crippen LogP contribution in [0, 0.1) is 0 Å². The van der Waals surface area contributed by atoms with E-state index in [1.54, 1.807) is 18.3 Å². The van der Waals surface area contributed by atoms with Crippen molar-refractivity contribution in [2.24, 2.45) is 0 Å². The molecule has 0 radical (unpaired) electrons. The van der Waals surface area contributed by atoms with Gasteiger partial charge in [0.25, 0.3) is 5.91 Å². The third kappa shape index (κ3) is 3.60. The third-order valence-corrected chi connectivity index (χ3v) is 5.29. The van der Waals surface area contributed by atoms with Gasteiger partial charge < -0.3 is 15.1 Å². The summed E-state index contributed by atoms with van der Waals surface area (Å²) in [7, 11) is 0. The second kappa shape index (κ2) is 7.42. The van der Waals surface area contributed by atoms with Gasteiger partial charge >= 0.3 is 0 Å². The molecule has 0 bridgehead atoms. The summed E-state index contributed by atoms with van der Waals surface area (Å²) in [5.41, 5.74) is 3.90. The van der Waals surface area contributed by atoms with Gasteiger partial charge in [-0.2, -0.15) is 0 Å². The summed E-state index contributed by atoms with van der Waals surface area (Å²) in [6, 6.07) is 9.13. The molecule has 2 aromatic rings. The zero-order valence-corrected chi connectivity index (χ0v) is 15.8. The Morgan fingerprint density at radius 3 is 2.50 bits per heavy atom. The maximum atomic E-state index is 12.9. The van der Waals surface area contributed by atoms with E-state index in [0.29, 0.717) is 50.3 Å². The molecule has 28 heavy (non-hydrogen) atoms. The van der Waals surface area contributed by atoms with Gasteiger partial charge in [-0.3, -0.25) is 19.4 Å². The molecule has 144 valence electrons. The molecule has 2 aliphatic rings. The van der Waals surface area contributed by atoms with Gasteiger partial charge in [0.1, 0.15) is 5.69 Å². The van der Waals surface area contributed by atoms with Gasteiger partial charge in [0.05, 0.1) is 11.9 Å². The molecule has 3 heterocycles. The second-order valence-corrected chi connectivity index (χ2v) is 7.16. The molecule has 1 aromatic carbocycles. The molecular formula is C21H22N4O3. The normalized spacial score (nSPS) is 16.4. The summed E-state index contributed by atoms with van der Waals surface area (Å²) in [5, 5.41) is 2.84. The summed E-state index contributed by atoms with van der Waals surface area (Å²) >= 11 is 0. The molecule has 2 amide bonds. The Labute approximate surface area is 163 Å². The summed E-state index contributed by atoms with van der Waals surface area (Å²) in [6.07, 6.45) is 2.84. The topological polar surface area (TPSA) is 82.6 Å². The molecule has 0 unspecified atom stereocenters. The maximum Gasteiger partial charge on any atom is 0.253 e. The predicted octanol–water partition coefficient (Wildman–Crippen LogP) is 2.13. The lowest BCUT2D eigenvalue weighted by Crippen LogP contribution is -2.48. The fourth-order valence-corrected chi connectivity index (χ4v) is 3.65. The Morgan fingerprint density at radius 2 is 1.82 bits per heavy atom. The largest absolute Gasteiger partial charge is 0.367 e. The van der Waals surface area contributed by atoms with Gasteiger partial charge in [0, 0.05) is 50.8 Å². The number of nitrogens with zero attached hydrogens (tertiary/aromatic N) is 3. The number of ketones is 1. The number of amides is 2. The number of carbonyl (C=O) groups is 3. The molecule has 0 spiro atoms. The monoisotopic (exact) mass is 378 g/mol. The van der Waals surface area contributed by atoms with Gasteiger partial charge in [-0.1, -0.05) is 0 Å². The number of aromatic nitrogens is 1. The molecule has 1 aromatic heterocycles. The fourth-order valence-electron chi connectivity index (χ4n) is 3.65. The summed E-state index contributed by atoms with van der Waals surface area (Å²) in [4.78, 5) is 43.9. The number of nitrogens with one attached hydrogen (secondary N) is 1. The van der Waals surface area contributed by atoms with Gasteiger partial charge in [-0.05, 0) is 42.3 Å². The van der Waals surface area contributed by atoms with Crippen molar-refractivity contribution >= 4 is 29.0 Å². The van der Waals surface area contributed by atoms with E-state index < -0.39 is 0 Å². The van der Waals surface area contributed by atoms with Gasteiger partial charge in [-0.15, -0.1) is 0 Å². The van der Waals surface area contributed by atoms with E-state index in [2.05, 4.69) is 15.2 Å². The smallest absolute Gasteiger partial charge is 0.253 e. The first-order valence-corrected chi connectivity index (χ1v) is 9.45. The lowest BCUT2D eigenvalue weighted by Gasteiger charge is -2.36. The van der Waals surface area contributed by atoms with Crippen LogP contribution in [0.4, 0.5) is 11.4 Å². The molecule has 0 aliphatic carbocycles. The van der Waals surface area contributed by atoms with Crippen molar-refractivity contribution in [2.75, 3.05) is 36.4 Å². The molecule has 7 nitrogen and oxygen atoms in total. The van der Waals surface area contributed by atoms with Crippen LogP contribution >= 0.6 is 0 Å². The molecule has 7 heteroatoms. The van der Waals surface area contributed by atoms with Crippen molar-refractivity contribution in [3.8, 4) is 0 Å². The molecule has 2 aliphatic heterocycles. The van der Waals surface area contributed by atoms with Gasteiger partial charge in [-0.25, -0.2) is 0 Å². The second-order valence-electron chi connectivity index (χ2n) is 7.16. The number of carbonyl (C=O) groups excluding carboxylic acids is 3. The number of hydrogen-bond donors (Lipinski definition) is 1. The van der Waals surface area contributed by atoms with Crippen LogP contribution in [0.25, 0.3) is 0 Å².